The lowest BCUT2D eigenvalue weighted by atomic mass is 10.1. The Morgan fingerprint density at radius 1 is 1.19 bits per heavy atom. The van der Waals surface area contributed by atoms with Crippen LogP contribution in [0.4, 0.5) is 5.69 Å². The molecule has 0 aromatic heterocycles. The summed E-state index contributed by atoms with van der Waals surface area (Å²) in [4.78, 5) is 24.4. The Morgan fingerprint density at radius 3 is 2.73 bits per heavy atom. The van der Waals surface area contributed by atoms with Crippen molar-refractivity contribution in [2.75, 3.05) is 25.0 Å². The molecule has 0 saturated carbocycles. The molecule has 1 fully saturated rings. The molecule has 0 unspecified atom stereocenters. The van der Waals surface area contributed by atoms with Crippen LogP contribution in [0.2, 0.25) is 0 Å². The summed E-state index contributed by atoms with van der Waals surface area (Å²) in [5, 5.41) is 8.88. The van der Waals surface area contributed by atoms with Crippen LogP contribution in [0.5, 0.6) is 0 Å². The molecule has 3 rings (SSSR count). The van der Waals surface area contributed by atoms with Crippen LogP contribution in [0.3, 0.4) is 0 Å². The van der Waals surface area contributed by atoms with Gasteiger partial charge >= 0.3 is 0 Å². The third-order valence-corrected chi connectivity index (χ3v) is 4.19. The molecule has 2 amide bonds. The molecule has 136 valence electrons. The van der Waals surface area contributed by atoms with Crippen LogP contribution in [0.1, 0.15) is 21.5 Å². The second kappa shape index (κ2) is 8.60. The lowest BCUT2D eigenvalue weighted by molar-refractivity contribution is -0.134. The van der Waals surface area contributed by atoms with Gasteiger partial charge in [0, 0.05) is 30.9 Å². The summed E-state index contributed by atoms with van der Waals surface area (Å²) in [5.41, 5.74) is 3.31. The molecule has 1 aliphatic heterocycles. The number of rotatable bonds is 5. The van der Waals surface area contributed by atoms with Gasteiger partial charge < -0.3 is 20.7 Å². The van der Waals surface area contributed by atoms with E-state index in [-0.39, 0.29) is 11.8 Å². The van der Waals surface area contributed by atoms with E-state index in [0.29, 0.717) is 30.9 Å². The number of benzene rings is 2. The number of nitrogens with one attached hydrogen (secondary N) is 3. The van der Waals surface area contributed by atoms with Gasteiger partial charge in [-0.25, -0.2) is 0 Å². The summed E-state index contributed by atoms with van der Waals surface area (Å²) < 4.78 is 5.43. The first-order valence-corrected chi connectivity index (χ1v) is 8.69. The van der Waals surface area contributed by atoms with E-state index in [1.165, 1.54) is 0 Å². The van der Waals surface area contributed by atoms with Crippen LogP contribution in [0, 0.1) is 6.92 Å². The van der Waals surface area contributed by atoms with E-state index in [1.54, 1.807) is 12.1 Å². The zero-order valence-corrected chi connectivity index (χ0v) is 14.7. The monoisotopic (exact) mass is 353 g/mol. The van der Waals surface area contributed by atoms with Crippen molar-refractivity contribution in [1.29, 1.82) is 0 Å². The summed E-state index contributed by atoms with van der Waals surface area (Å²) in [7, 11) is 0. The summed E-state index contributed by atoms with van der Waals surface area (Å²) in [6.45, 7) is 4.20. The number of amides is 2. The number of ether oxygens (including phenoxy) is 1. The minimum Gasteiger partial charge on any atom is -0.366 e. The van der Waals surface area contributed by atoms with E-state index in [2.05, 4.69) is 16.0 Å². The number of hydrogen-bond donors (Lipinski definition) is 3. The molecular formula is C20H23N3O3. The molecule has 6 heteroatoms. The first-order chi connectivity index (χ1) is 12.6. The average Bonchev–Trinajstić information content (AvgIpc) is 2.67. The van der Waals surface area contributed by atoms with Gasteiger partial charge in [-0.3, -0.25) is 9.59 Å². The van der Waals surface area contributed by atoms with E-state index in [0.717, 1.165) is 17.7 Å². The molecule has 0 bridgehead atoms. The predicted molar refractivity (Wildman–Crippen MR) is 100 cm³/mol. The topological polar surface area (TPSA) is 79.5 Å². The first-order valence-electron chi connectivity index (χ1n) is 8.69. The minimum absolute atomic E-state index is 0.133. The van der Waals surface area contributed by atoms with Crippen LogP contribution >= 0.6 is 0 Å². The zero-order chi connectivity index (χ0) is 18.4. The minimum atomic E-state index is -0.451. The number of hydrogen-bond acceptors (Lipinski definition) is 4. The first kappa shape index (κ1) is 18.1. The zero-order valence-electron chi connectivity index (χ0n) is 14.7. The Hall–Kier alpha value is -2.70. The molecule has 3 N–H and O–H groups in total. The number of carbonyl (C=O) groups is 2. The third kappa shape index (κ3) is 4.91. The molecule has 1 aliphatic rings. The van der Waals surface area contributed by atoms with Crippen molar-refractivity contribution in [1.82, 2.24) is 10.6 Å². The molecule has 1 atom stereocenters. The molecule has 2 aromatic rings. The van der Waals surface area contributed by atoms with Crippen molar-refractivity contribution in [3.63, 3.8) is 0 Å². The SMILES string of the molecule is Cc1ccc(C(=O)Nc2cccc(CNC(=O)[C@H]3CNCCO3)c2)cc1. The highest BCUT2D eigenvalue weighted by Crippen LogP contribution is 2.13. The Balaban J connectivity index is 1.56. The predicted octanol–water partition coefficient (Wildman–Crippen LogP) is 1.85. The summed E-state index contributed by atoms with van der Waals surface area (Å²) in [6, 6.07) is 14.8. The maximum Gasteiger partial charge on any atom is 0.255 e. The Labute approximate surface area is 152 Å². The molecule has 1 saturated heterocycles. The van der Waals surface area contributed by atoms with Crippen LogP contribution < -0.4 is 16.0 Å². The van der Waals surface area contributed by atoms with Crippen molar-refractivity contribution >= 4 is 17.5 Å². The molecular weight excluding hydrogens is 330 g/mol. The number of carbonyl (C=O) groups excluding carboxylic acids is 2. The van der Waals surface area contributed by atoms with Crippen LogP contribution in [0.15, 0.2) is 48.5 Å². The Bertz CT molecular complexity index is 768. The molecule has 6 nitrogen and oxygen atoms in total. The Morgan fingerprint density at radius 2 is 2.00 bits per heavy atom. The average molecular weight is 353 g/mol. The van der Waals surface area contributed by atoms with Gasteiger partial charge in [-0.15, -0.1) is 0 Å². The highest BCUT2D eigenvalue weighted by molar-refractivity contribution is 6.04. The van der Waals surface area contributed by atoms with Gasteiger partial charge in [0.1, 0.15) is 6.10 Å². The van der Waals surface area contributed by atoms with Crippen molar-refractivity contribution < 1.29 is 14.3 Å². The summed E-state index contributed by atoms with van der Waals surface area (Å²) >= 11 is 0. The quantitative estimate of drug-likeness (QED) is 0.766. The molecule has 0 radical (unpaired) electrons. The van der Waals surface area contributed by atoms with Gasteiger partial charge in [-0.2, -0.15) is 0 Å². The van der Waals surface area contributed by atoms with Gasteiger partial charge in [-0.1, -0.05) is 29.8 Å². The maximum absolute atomic E-state index is 12.3. The second-order valence-electron chi connectivity index (χ2n) is 6.30. The standard InChI is InChI=1S/C20H23N3O3/c1-14-5-7-16(8-6-14)19(24)23-17-4-2-3-15(11-17)12-22-20(25)18-13-21-9-10-26-18/h2-8,11,18,21H,9-10,12-13H2,1H3,(H,22,25)(H,23,24)/t18-/m1/s1. The molecule has 2 aromatic carbocycles. The van der Waals surface area contributed by atoms with Gasteiger partial charge in [0.2, 0.25) is 0 Å². The number of aryl methyl sites for hydroxylation is 1. The van der Waals surface area contributed by atoms with Crippen LogP contribution in [-0.4, -0.2) is 37.6 Å². The van der Waals surface area contributed by atoms with Crippen LogP contribution in [0.25, 0.3) is 0 Å². The fourth-order valence-corrected chi connectivity index (χ4v) is 2.70. The highest BCUT2D eigenvalue weighted by Gasteiger charge is 2.21. The van der Waals surface area contributed by atoms with Crippen LogP contribution in [-0.2, 0) is 16.1 Å². The van der Waals surface area contributed by atoms with Crippen molar-refractivity contribution in [3.05, 3.63) is 65.2 Å². The third-order valence-electron chi connectivity index (χ3n) is 4.19. The fraction of sp³-hybridized carbons (Fsp3) is 0.300. The van der Waals surface area contributed by atoms with Crippen molar-refractivity contribution in [3.8, 4) is 0 Å². The van der Waals surface area contributed by atoms with E-state index in [4.69, 9.17) is 4.74 Å². The van der Waals surface area contributed by atoms with Gasteiger partial charge in [0.05, 0.1) is 6.61 Å². The normalized spacial score (nSPS) is 16.7. The van der Waals surface area contributed by atoms with E-state index >= 15 is 0 Å². The molecule has 0 aliphatic carbocycles. The van der Waals surface area contributed by atoms with Gasteiger partial charge in [0.25, 0.3) is 11.8 Å². The maximum atomic E-state index is 12.3. The molecule has 1 heterocycles. The second-order valence-corrected chi connectivity index (χ2v) is 6.30. The molecule has 26 heavy (non-hydrogen) atoms. The van der Waals surface area contributed by atoms with Gasteiger partial charge in [-0.05, 0) is 36.8 Å². The molecule has 0 spiro atoms. The lowest BCUT2D eigenvalue weighted by Gasteiger charge is -2.22. The lowest BCUT2D eigenvalue weighted by Crippen LogP contribution is -2.47. The highest BCUT2D eigenvalue weighted by atomic mass is 16.5. The van der Waals surface area contributed by atoms with Crippen molar-refractivity contribution in [2.24, 2.45) is 0 Å². The van der Waals surface area contributed by atoms with E-state index in [1.807, 2.05) is 43.3 Å². The Kier molecular flexibility index (Phi) is 5.99. The van der Waals surface area contributed by atoms with E-state index in [9.17, 15) is 9.59 Å². The summed E-state index contributed by atoms with van der Waals surface area (Å²) in [6.07, 6.45) is -0.451. The van der Waals surface area contributed by atoms with E-state index < -0.39 is 6.10 Å². The van der Waals surface area contributed by atoms with Crippen molar-refractivity contribution in [2.45, 2.75) is 19.6 Å². The number of morpholine rings is 1. The summed E-state index contributed by atoms with van der Waals surface area (Å²) in [5.74, 6) is -0.292. The smallest absolute Gasteiger partial charge is 0.255 e. The van der Waals surface area contributed by atoms with Gasteiger partial charge in [0.15, 0.2) is 0 Å². The number of anilines is 1. The largest absolute Gasteiger partial charge is 0.366 e. The fourth-order valence-electron chi connectivity index (χ4n) is 2.70.